The first-order valence-electron chi connectivity index (χ1n) is 4.83. The minimum absolute atomic E-state index is 0.0360. The Hall–Kier alpha value is -0.950. The number of hydrogen-bond acceptors (Lipinski definition) is 3. The third-order valence-electron chi connectivity index (χ3n) is 2.55. The van der Waals surface area contributed by atoms with Crippen LogP contribution >= 0.6 is 31.9 Å². The number of nitrogens with zero attached hydrogens (tertiary/aromatic N) is 2. The van der Waals surface area contributed by atoms with Gasteiger partial charge >= 0.3 is 5.97 Å². The molecule has 1 saturated heterocycles. The molecule has 90 valence electrons. The number of carbonyl (C=O) groups excluding carboxylic acids is 1. The summed E-state index contributed by atoms with van der Waals surface area (Å²) in [7, 11) is 0. The SMILES string of the molecule is O=C(O)C1CC(=O)N(c2cc(Br)cnc2Br)C1. The summed E-state index contributed by atoms with van der Waals surface area (Å²) in [4.78, 5) is 28.1. The molecular formula is C10H8Br2N2O3. The number of pyridine rings is 1. The maximum Gasteiger partial charge on any atom is 0.308 e. The number of aromatic nitrogens is 1. The highest BCUT2D eigenvalue weighted by Crippen LogP contribution is 2.32. The molecule has 1 fully saturated rings. The Morgan fingerprint density at radius 2 is 2.24 bits per heavy atom. The molecule has 0 radical (unpaired) electrons. The number of halogens is 2. The summed E-state index contributed by atoms with van der Waals surface area (Å²) in [5.41, 5.74) is 0.591. The van der Waals surface area contributed by atoms with E-state index in [1.54, 1.807) is 12.3 Å². The van der Waals surface area contributed by atoms with Crippen molar-refractivity contribution in [3.63, 3.8) is 0 Å². The van der Waals surface area contributed by atoms with Gasteiger partial charge in [0.25, 0.3) is 0 Å². The molecular weight excluding hydrogens is 356 g/mol. The van der Waals surface area contributed by atoms with Crippen molar-refractivity contribution < 1.29 is 14.7 Å². The lowest BCUT2D eigenvalue weighted by molar-refractivity contribution is -0.141. The molecule has 1 aliphatic heterocycles. The van der Waals surface area contributed by atoms with E-state index in [1.807, 2.05) is 0 Å². The lowest BCUT2D eigenvalue weighted by Crippen LogP contribution is -2.26. The molecule has 1 unspecified atom stereocenters. The van der Waals surface area contributed by atoms with E-state index in [0.717, 1.165) is 4.47 Å². The van der Waals surface area contributed by atoms with E-state index in [9.17, 15) is 9.59 Å². The number of aliphatic carboxylic acids is 1. The summed E-state index contributed by atoms with van der Waals surface area (Å²) in [6.07, 6.45) is 1.64. The van der Waals surface area contributed by atoms with Crippen molar-refractivity contribution in [1.29, 1.82) is 0 Å². The molecule has 7 heteroatoms. The van der Waals surface area contributed by atoms with Crippen molar-refractivity contribution in [1.82, 2.24) is 4.98 Å². The number of amides is 1. The van der Waals surface area contributed by atoms with Gasteiger partial charge in [0.15, 0.2) is 0 Å². The van der Waals surface area contributed by atoms with Crippen LogP contribution in [0.5, 0.6) is 0 Å². The quantitative estimate of drug-likeness (QED) is 0.816. The summed E-state index contributed by atoms with van der Waals surface area (Å²) in [6.45, 7) is 0.185. The Morgan fingerprint density at radius 1 is 1.53 bits per heavy atom. The Morgan fingerprint density at radius 3 is 2.82 bits per heavy atom. The van der Waals surface area contributed by atoms with E-state index in [4.69, 9.17) is 5.11 Å². The standard InChI is InChI=1S/C10H8Br2N2O3/c11-6-2-7(9(12)13-3-6)14-4-5(10(16)17)1-8(14)15/h2-3,5H,1,4H2,(H,16,17). The van der Waals surface area contributed by atoms with E-state index < -0.39 is 11.9 Å². The summed E-state index contributed by atoms with van der Waals surface area (Å²) in [6, 6.07) is 1.74. The highest BCUT2D eigenvalue weighted by Gasteiger charge is 2.36. The molecule has 0 bridgehead atoms. The number of carboxylic acids is 1. The number of rotatable bonds is 2. The van der Waals surface area contributed by atoms with E-state index >= 15 is 0 Å². The summed E-state index contributed by atoms with van der Waals surface area (Å²) >= 11 is 6.52. The van der Waals surface area contributed by atoms with Crippen LogP contribution < -0.4 is 4.90 Å². The maximum atomic E-state index is 11.8. The highest BCUT2D eigenvalue weighted by atomic mass is 79.9. The third kappa shape index (κ3) is 2.50. The van der Waals surface area contributed by atoms with Crippen molar-refractivity contribution in [2.24, 2.45) is 5.92 Å². The van der Waals surface area contributed by atoms with Gasteiger partial charge in [-0.15, -0.1) is 0 Å². The van der Waals surface area contributed by atoms with E-state index in [1.165, 1.54) is 4.90 Å². The molecule has 1 atom stereocenters. The van der Waals surface area contributed by atoms with Gasteiger partial charge in [-0.3, -0.25) is 9.59 Å². The molecule has 17 heavy (non-hydrogen) atoms. The zero-order valence-electron chi connectivity index (χ0n) is 8.56. The van der Waals surface area contributed by atoms with E-state index in [2.05, 4.69) is 36.8 Å². The summed E-state index contributed by atoms with van der Waals surface area (Å²) in [5.74, 6) is -1.79. The Kier molecular flexibility index (Phi) is 3.48. The van der Waals surface area contributed by atoms with Gasteiger partial charge < -0.3 is 10.0 Å². The predicted molar refractivity (Wildman–Crippen MR) is 67.7 cm³/mol. The van der Waals surface area contributed by atoms with Crippen molar-refractivity contribution in [3.05, 3.63) is 21.3 Å². The van der Waals surface area contributed by atoms with Crippen molar-refractivity contribution >= 4 is 49.4 Å². The third-order valence-corrected chi connectivity index (χ3v) is 3.60. The van der Waals surface area contributed by atoms with Gasteiger partial charge in [0.1, 0.15) is 4.60 Å². The average molecular weight is 364 g/mol. The van der Waals surface area contributed by atoms with Gasteiger partial charge in [0, 0.05) is 23.6 Å². The summed E-state index contributed by atoms with van der Waals surface area (Å²) in [5, 5.41) is 8.90. The zero-order valence-corrected chi connectivity index (χ0v) is 11.7. The molecule has 1 amide bonds. The Balaban J connectivity index is 2.32. The minimum Gasteiger partial charge on any atom is -0.481 e. The molecule has 1 aromatic rings. The summed E-state index contributed by atoms with van der Waals surface area (Å²) < 4.78 is 1.27. The molecule has 0 aliphatic carbocycles. The topological polar surface area (TPSA) is 70.5 Å². The largest absolute Gasteiger partial charge is 0.481 e. The predicted octanol–water partition coefficient (Wildman–Crippen LogP) is 2.04. The first-order valence-corrected chi connectivity index (χ1v) is 6.42. The van der Waals surface area contributed by atoms with Crippen LogP contribution in [0.25, 0.3) is 0 Å². The zero-order chi connectivity index (χ0) is 12.6. The normalized spacial score (nSPS) is 19.8. The van der Waals surface area contributed by atoms with Gasteiger partial charge in [-0.05, 0) is 37.9 Å². The highest BCUT2D eigenvalue weighted by molar-refractivity contribution is 9.11. The van der Waals surface area contributed by atoms with E-state index in [0.29, 0.717) is 10.3 Å². The number of hydrogen-bond donors (Lipinski definition) is 1. The van der Waals surface area contributed by atoms with Crippen molar-refractivity contribution in [3.8, 4) is 0 Å². The van der Waals surface area contributed by atoms with Gasteiger partial charge in [-0.25, -0.2) is 4.98 Å². The Bertz CT molecular complexity index is 492. The van der Waals surface area contributed by atoms with Gasteiger partial charge in [-0.1, -0.05) is 0 Å². The first kappa shape index (κ1) is 12.5. The monoisotopic (exact) mass is 362 g/mol. The number of carbonyl (C=O) groups is 2. The van der Waals surface area contributed by atoms with Crippen molar-refractivity contribution in [2.45, 2.75) is 6.42 Å². The van der Waals surface area contributed by atoms with Gasteiger partial charge in [0.2, 0.25) is 5.91 Å². The number of anilines is 1. The maximum absolute atomic E-state index is 11.8. The van der Waals surface area contributed by atoms with Crippen LogP contribution in [0.4, 0.5) is 5.69 Å². The van der Waals surface area contributed by atoms with Gasteiger partial charge in [-0.2, -0.15) is 0 Å². The molecule has 5 nitrogen and oxygen atoms in total. The second-order valence-corrected chi connectivity index (χ2v) is 5.37. The number of carboxylic acid groups (broad SMARTS) is 1. The molecule has 1 N–H and O–H groups in total. The second kappa shape index (κ2) is 4.73. The Labute approximate surface area is 114 Å². The van der Waals surface area contributed by atoms with Crippen LogP contribution in [-0.2, 0) is 9.59 Å². The molecule has 1 aromatic heterocycles. The van der Waals surface area contributed by atoms with Crippen LogP contribution in [0.2, 0.25) is 0 Å². The fraction of sp³-hybridized carbons (Fsp3) is 0.300. The second-order valence-electron chi connectivity index (χ2n) is 3.71. The van der Waals surface area contributed by atoms with Crippen LogP contribution in [0.15, 0.2) is 21.3 Å². The lowest BCUT2D eigenvalue weighted by atomic mass is 10.1. The van der Waals surface area contributed by atoms with Crippen LogP contribution in [0, 0.1) is 5.92 Å². The molecule has 2 rings (SSSR count). The minimum atomic E-state index is -0.945. The fourth-order valence-electron chi connectivity index (χ4n) is 1.71. The fourth-order valence-corrected chi connectivity index (χ4v) is 2.46. The molecule has 1 aliphatic rings. The van der Waals surface area contributed by atoms with Crippen molar-refractivity contribution in [2.75, 3.05) is 11.4 Å². The smallest absolute Gasteiger partial charge is 0.308 e. The van der Waals surface area contributed by atoms with Gasteiger partial charge in [0.05, 0.1) is 11.6 Å². The van der Waals surface area contributed by atoms with E-state index in [-0.39, 0.29) is 18.9 Å². The van der Waals surface area contributed by atoms with Crippen LogP contribution in [0.3, 0.4) is 0 Å². The van der Waals surface area contributed by atoms with Crippen LogP contribution in [-0.4, -0.2) is 28.5 Å². The first-order chi connectivity index (χ1) is 7.99. The molecule has 0 spiro atoms. The lowest BCUT2D eigenvalue weighted by Gasteiger charge is -2.17. The average Bonchev–Trinajstić information content (AvgIpc) is 2.64. The molecule has 2 heterocycles. The molecule has 0 saturated carbocycles. The molecule has 0 aromatic carbocycles. The van der Waals surface area contributed by atoms with Crippen LogP contribution in [0.1, 0.15) is 6.42 Å².